The van der Waals surface area contributed by atoms with Crippen molar-refractivity contribution >= 4 is 41.4 Å². The molecule has 308 valence electrons. The molecular weight excluding hydrogens is 710 g/mol. The number of hydrogen-bond donors (Lipinski definition) is 6. The monoisotopic (exact) mass is 773 g/mol. The van der Waals surface area contributed by atoms with Gasteiger partial charge in [-0.25, -0.2) is 4.98 Å². The smallest absolute Gasteiger partial charge is 0.325 e. The van der Waals surface area contributed by atoms with Crippen molar-refractivity contribution in [3.8, 4) is 0 Å². The molecule has 1 aliphatic carbocycles. The minimum Gasteiger partial charge on any atom is -0.460 e. The lowest BCUT2D eigenvalue weighted by Gasteiger charge is -2.36. The van der Waals surface area contributed by atoms with Crippen LogP contribution in [0.4, 0.5) is 0 Å². The van der Waals surface area contributed by atoms with Crippen molar-refractivity contribution in [1.82, 2.24) is 41.0 Å². The Hall–Kier alpha value is -4.54. The number of cyclic esters (lactones) is 1. The Bertz CT molecular complexity index is 1430. The third-order valence-electron chi connectivity index (χ3n) is 10.4. The van der Waals surface area contributed by atoms with Gasteiger partial charge in [-0.1, -0.05) is 66.2 Å². The highest BCUT2D eigenvalue weighted by molar-refractivity contribution is 5.96. The van der Waals surface area contributed by atoms with Crippen LogP contribution in [0.15, 0.2) is 18.7 Å². The summed E-state index contributed by atoms with van der Waals surface area (Å²) < 4.78 is 7.36. The SMILES string of the molecule is CCCCCC[C@@H]1OC(=O)CNC(=O)[C@H](CNC(=O)Cn2ccnc2)NC(=O)[C@H](CN)NC(=O)[C@H](C2CCCCC2)NC(=O)[C@H](CC(C)C)N(C)C(=O)[C@@H]1C. The quantitative estimate of drug-likeness (QED) is 0.120. The highest BCUT2D eigenvalue weighted by Crippen LogP contribution is 2.28. The molecule has 6 atom stereocenters. The van der Waals surface area contributed by atoms with Crippen LogP contribution in [0.5, 0.6) is 0 Å². The average molecular weight is 774 g/mol. The molecule has 17 heteroatoms. The number of unbranched alkanes of at least 4 members (excludes halogenated alkanes) is 3. The summed E-state index contributed by atoms with van der Waals surface area (Å²) in [5.41, 5.74) is 5.98. The molecule has 2 fully saturated rings. The summed E-state index contributed by atoms with van der Waals surface area (Å²) >= 11 is 0. The maximum Gasteiger partial charge on any atom is 0.325 e. The Balaban J connectivity index is 1.99. The molecule has 0 radical (unpaired) electrons. The predicted octanol–water partition coefficient (Wildman–Crippen LogP) is 0.514. The summed E-state index contributed by atoms with van der Waals surface area (Å²) in [6.45, 7) is 6.20. The van der Waals surface area contributed by atoms with Gasteiger partial charge in [0.1, 0.15) is 43.4 Å². The summed E-state index contributed by atoms with van der Waals surface area (Å²) in [6.07, 6.45) is 11.9. The molecule has 2 heterocycles. The summed E-state index contributed by atoms with van der Waals surface area (Å²) in [5, 5.41) is 13.3. The van der Waals surface area contributed by atoms with E-state index >= 15 is 0 Å². The third kappa shape index (κ3) is 14.2. The fourth-order valence-corrected chi connectivity index (χ4v) is 7.10. The van der Waals surface area contributed by atoms with E-state index in [2.05, 4.69) is 38.5 Å². The molecule has 1 aromatic heterocycles. The van der Waals surface area contributed by atoms with Crippen molar-refractivity contribution in [2.75, 3.05) is 26.7 Å². The van der Waals surface area contributed by atoms with Crippen LogP contribution < -0.4 is 32.3 Å². The number of carbonyl (C=O) groups excluding carboxylic acids is 7. The third-order valence-corrected chi connectivity index (χ3v) is 10.4. The molecule has 0 aromatic carbocycles. The number of likely N-dealkylation sites (N-methyl/N-ethyl adjacent to an activating group) is 1. The highest BCUT2D eigenvalue weighted by atomic mass is 16.5. The Morgan fingerprint density at radius 1 is 0.964 bits per heavy atom. The van der Waals surface area contributed by atoms with Gasteiger partial charge in [-0.15, -0.1) is 0 Å². The van der Waals surface area contributed by atoms with Gasteiger partial charge in [-0.2, -0.15) is 0 Å². The number of amides is 6. The minimum atomic E-state index is -1.38. The van der Waals surface area contributed by atoms with E-state index in [0.717, 1.165) is 38.5 Å². The molecule has 0 unspecified atom stereocenters. The zero-order valence-corrected chi connectivity index (χ0v) is 33.1. The van der Waals surface area contributed by atoms with E-state index in [1.165, 1.54) is 22.0 Å². The maximum atomic E-state index is 14.2. The van der Waals surface area contributed by atoms with Gasteiger partial charge in [0.2, 0.25) is 35.4 Å². The van der Waals surface area contributed by atoms with Crippen LogP contribution >= 0.6 is 0 Å². The lowest BCUT2D eigenvalue weighted by atomic mass is 9.83. The Morgan fingerprint density at radius 3 is 2.31 bits per heavy atom. The van der Waals surface area contributed by atoms with Crippen molar-refractivity contribution in [2.45, 2.75) is 135 Å². The van der Waals surface area contributed by atoms with Crippen LogP contribution in [-0.2, 0) is 44.8 Å². The average Bonchev–Trinajstić information content (AvgIpc) is 3.68. The Kier molecular flexibility index (Phi) is 18.5. The zero-order chi connectivity index (χ0) is 40.5. The van der Waals surface area contributed by atoms with E-state index in [-0.39, 0.29) is 31.5 Å². The topological polar surface area (TPSA) is 236 Å². The molecule has 7 N–H and O–H groups in total. The van der Waals surface area contributed by atoms with Gasteiger partial charge in [-0.3, -0.25) is 33.6 Å². The first-order valence-electron chi connectivity index (χ1n) is 19.8. The fraction of sp³-hybridized carbons (Fsp3) is 0.737. The van der Waals surface area contributed by atoms with Crippen LogP contribution in [-0.4, -0.2) is 113 Å². The first kappa shape index (κ1) is 44.9. The lowest BCUT2D eigenvalue weighted by Crippen LogP contribution is -2.62. The number of nitrogens with two attached hydrogens (primary N) is 1. The van der Waals surface area contributed by atoms with Crippen molar-refractivity contribution in [3.63, 3.8) is 0 Å². The normalized spacial score (nSPS) is 25.8. The van der Waals surface area contributed by atoms with Crippen molar-refractivity contribution in [3.05, 3.63) is 18.7 Å². The van der Waals surface area contributed by atoms with Gasteiger partial charge in [0.05, 0.1) is 12.2 Å². The van der Waals surface area contributed by atoms with Crippen LogP contribution in [0, 0.1) is 17.8 Å². The molecule has 1 saturated carbocycles. The second kappa shape index (κ2) is 22.7. The largest absolute Gasteiger partial charge is 0.460 e. The van der Waals surface area contributed by atoms with Gasteiger partial charge in [0.25, 0.3) is 0 Å². The first-order chi connectivity index (χ1) is 26.2. The van der Waals surface area contributed by atoms with E-state index in [1.807, 2.05) is 13.8 Å². The highest BCUT2D eigenvalue weighted by Gasteiger charge is 2.39. The van der Waals surface area contributed by atoms with Crippen molar-refractivity contribution in [2.24, 2.45) is 23.5 Å². The zero-order valence-electron chi connectivity index (χ0n) is 33.1. The van der Waals surface area contributed by atoms with Gasteiger partial charge >= 0.3 is 5.97 Å². The van der Waals surface area contributed by atoms with Crippen LogP contribution in [0.2, 0.25) is 0 Å². The summed E-state index contributed by atoms with van der Waals surface area (Å²) in [5.74, 6) is -5.48. The van der Waals surface area contributed by atoms with E-state index < -0.39 is 84.1 Å². The lowest BCUT2D eigenvalue weighted by molar-refractivity contribution is -0.157. The number of carbonyl (C=O) groups is 7. The van der Waals surface area contributed by atoms with E-state index in [4.69, 9.17) is 10.5 Å². The predicted molar refractivity (Wildman–Crippen MR) is 203 cm³/mol. The summed E-state index contributed by atoms with van der Waals surface area (Å²) in [6, 6.07) is -4.67. The molecule has 0 bridgehead atoms. The number of rotatable bonds is 13. The number of nitrogens with zero attached hydrogens (tertiary/aromatic N) is 3. The van der Waals surface area contributed by atoms with Gasteiger partial charge in [0.15, 0.2) is 0 Å². The molecular formula is C38H63N9O8. The van der Waals surface area contributed by atoms with Gasteiger partial charge in [-0.05, 0) is 43.9 Å². The maximum absolute atomic E-state index is 14.2. The number of nitrogens with one attached hydrogen (secondary N) is 5. The molecule has 2 aliphatic rings. The summed E-state index contributed by atoms with van der Waals surface area (Å²) in [7, 11) is 1.54. The number of esters is 1. The molecule has 1 saturated heterocycles. The summed E-state index contributed by atoms with van der Waals surface area (Å²) in [4.78, 5) is 101. The molecule has 0 spiro atoms. The van der Waals surface area contributed by atoms with Crippen LogP contribution in [0.1, 0.15) is 98.3 Å². The minimum absolute atomic E-state index is 0.00472. The van der Waals surface area contributed by atoms with Gasteiger partial charge in [0, 0.05) is 32.5 Å². The standard InChI is InChI=1S/C38H63N9O8/c1-6-7-8-12-15-30-25(4)38(54)46(5)29(18-24(2)3)36(52)45-33(26-13-10-9-11-14-26)37(53)43-27(19-39)35(51)44-28(34(50)42-21-32(49)55-30)20-41-31(48)22-47-17-16-40-23-47/h16-17,23-30,33H,6-15,18-22,39H2,1-5H3,(H,41,48)(H,42,50)(H,43,53)(H,44,51)(H,45,52)/t25-,27+,28+,29+,30+,33+/m1/s1. The second-order valence-electron chi connectivity index (χ2n) is 15.3. The van der Waals surface area contributed by atoms with Crippen LogP contribution in [0.25, 0.3) is 0 Å². The molecule has 1 aliphatic heterocycles. The van der Waals surface area contributed by atoms with Crippen molar-refractivity contribution < 1.29 is 38.3 Å². The van der Waals surface area contributed by atoms with E-state index in [1.54, 1.807) is 20.2 Å². The van der Waals surface area contributed by atoms with E-state index in [9.17, 15) is 33.6 Å². The fourth-order valence-electron chi connectivity index (χ4n) is 7.10. The molecule has 6 amide bonds. The number of aromatic nitrogens is 2. The Labute approximate surface area is 324 Å². The number of ether oxygens (including phenoxy) is 1. The van der Waals surface area contributed by atoms with Crippen LogP contribution in [0.3, 0.4) is 0 Å². The number of imidazole rings is 1. The van der Waals surface area contributed by atoms with Gasteiger partial charge < -0.3 is 46.5 Å². The molecule has 55 heavy (non-hydrogen) atoms. The second-order valence-corrected chi connectivity index (χ2v) is 15.3. The van der Waals surface area contributed by atoms with Crippen molar-refractivity contribution in [1.29, 1.82) is 0 Å². The molecule has 3 rings (SSSR count). The number of hydrogen-bond acceptors (Lipinski definition) is 10. The Morgan fingerprint density at radius 2 is 1.67 bits per heavy atom. The molecule has 1 aromatic rings. The first-order valence-corrected chi connectivity index (χ1v) is 19.8. The van der Waals surface area contributed by atoms with E-state index in [0.29, 0.717) is 32.1 Å². The molecule has 17 nitrogen and oxygen atoms in total.